The maximum atomic E-state index is 14.1. The highest BCUT2D eigenvalue weighted by Gasteiger charge is 2.67. The van der Waals surface area contributed by atoms with Crippen LogP contribution in [0.5, 0.6) is 5.75 Å². The average molecular weight is 888 g/mol. The number of fused-ring (bicyclic) bond motifs is 5. The molecule has 0 spiro atoms. The lowest BCUT2D eigenvalue weighted by atomic mass is 9.43. The number of hydrogen-bond acceptors (Lipinski definition) is 7. The second-order valence-electron chi connectivity index (χ2n) is 20.6. The zero-order valence-corrected chi connectivity index (χ0v) is 39.7. The van der Waals surface area contributed by atoms with Crippen molar-refractivity contribution in [3.05, 3.63) is 29.8 Å². The molecule has 0 aliphatic heterocycles. The molecule has 1 aromatic carbocycles. The fourth-order valence-electron chi connectivity index (χ4n) is 13.2. The van der Waals surface area contributed by atoms with Gasteiger partial charge >= 0.3 is 18.1 Å². The summed E-state index contributed by atoms with van der Waals surface area (Å²) in [5, 5.41) is 0. The first-order valence-corrected chi connectivity index (χ1v) is 24.9. The smallest absolute Gasteiger partial charge is 0.454 e. The van der Waals surface area contributed by atoms with Gasteiger partial charge in [-0.25, -0.2) is 0 Å². The van der Waals surface area contributed by atoms with Gasteiger partial charge in [0.05, 0.1) is 0 Å². The first kappa shape index (κ1) is 50.9. The third-order valence-electron chi connectivity index (χ3n) is 16.5. The molecule has 4 saturated carbocycles. The number of amides is 1. The van der Waals surface area contributed by atoms with E-state index in [1.54, 1.807) is 0 Å². The SMILES string of the molecule is CCCCCCCCN(CCCCCCCC)C(=O)CC[C@@H](C)C1CCC2C3C(Oc4ccc(C(=O)C(F)(F)F)cc4)CC4CC(OC(C)=O)CC[C@]4(C)C3CC(OC(C)=O)[C@@]21C. The van der Waals surface area contributed by atoms with Crippen molar-refractivity contribution in [2.24, 2.45) is 46.3 Å². The van der Waals surface area contributed by atoms with Gasteiger partial charge in [-0.15, -0.1) is 0 Å². The molecule has 4 fully saturated rings. The molecule has 0 bridgehead atoms. The fraction of sp³-hybridized carbons (Fsp3) is 0.808. The standard InChI is InChI=1S/C52H80F3NO7/c1-8-10-12-14-16-18-30-56(31-19-17-15-13-11-9-2)47(59)27-20-35(3)42-25-26-43-48-44(34-46(51(42,43)7)62-37(5)58)50(6)29-28-41(61-36(4)57)32-39(50)33-45(48)63-40-23-21-38(22-24-40)49(60)52(53,54)55/h21-24,35,39,41-46,48H,8-20,25-34H2,1-7H3/t35-,39?,41?,42?,43?,44?,45?,46?,48?,50+,51-/m1/s1. The minimum absolute atomic E-state index is 0.0637. The number of carbonyl (C=O) groups is 4. The number of esters is 2. The van der Waals surface area contributed by atoms with Crippen molar-refractivity contribution in [2.45, 2.75) is 208 Å². The van der Waals surface area contributed by atoms with Crippen molar-refractivity contribution >= 4 is 23.6 Å². The van der Waals surface area contributed by atoms with Crippen LogP contribution in [0.2, 0.25) is 0 Å². The molecule has 4 aliphatic carbocycles. The van der Waals surface area contributed by atoms with Crippen LogP contribution in [-0.4, -0.2) is 66.1 Å². The molecule has 0 saturated heterocycles. The molecule has 0 N–H and O–H groups in total. The topological polar surface area (TPSA) is 99.2 Å². The third-order valence-corrected chi connectivity index (χ3v) is 16.5. The maximum Gasteiger partial charge on any atom is 0.454 e. The Morgan fingerprint density at radius 3 is 1.92 bits per heavy atom. The second-order valence-corrected chi connectivity index (χ2v) is 20.6. The molecular weight excluding hydrogens is 808 g/mol. The second kappa shape index (κ2) is 22.9. The van der Waals surface area contributed by atoms with Crippen LogP contribution in [-0.2, 0) is 23.9 Å². The predicted octanol–water partition coefficient (Wildman–Crippen LogP) is 12.9. The Morgan fingerprint density at radius 1 is 0.762 bits per heavy atom. The van der Waals surface area contributed by atoms with Gasteiger partial charge in [-0.1, -0.05) is 98.8 Å². The monoisotopic (exact) mass is 888 g/mol. The number of Topliss-reactive ketones (excluding diaryl/α,β-unsaturated/α-hetero) is 1. The summed E-state index contributed by atoms with van der Waals surface area (Å²) in [5.74, 6) is -1.01. The molecule has 63 heavy (non-hydrogen) atoms. The van der Waals surface area contributed by atoms with Gasteiger partial charge in [0.2, 0.25) is 5.91 Å². The molecule has 0 heterocycles. The van der Waals surface area contributed by atoms with Gasteiger partial charge in [0, 0.05) is 50.3 Å². The minimum atomic E-state index is -4.97. The van der Waals surface area contributed by atoms with Crippen LogP contribution in [0.3, 0.4) is 0 Å². The minimum Gasteiger partial charge on any atom is -0.490 e. The largest absolute Gasteiger partial charge is 0.490 e. The Balaban J connectivity index is 1.38. The van der Waals surface area contributed by atoms with Crippen molar-refractivity contribution in [1.29, 1.82) is 0 Å². The quantitative estimate of drug-likeness (QED) is 0.0613. The number of ether oxygens (including phenoxy) is 3. The van der Waals surface area contributed by atoms with Crippen LogP contribution in [0.4, 0.5) is 13.2 Å². The van der Waals surface area contributed by atoms with Gasteiger partial charge in [0.25, 0.3) is 5.78 Å². The van der Waals surface area contributed by atoms with E-state index in [-0.39, 0.29) is 77.1 Å². The molecule has 0 radical (unpaired) electrons. The number of unbranched alkanes of at least 4 members (excludes halogenated alkanes) is 10. The number of benzene rings is 1. The molecule has 0 aromatic heterocycles. The zero-order valence-electron chi connectivity index (χ0n) is 39.7. The van der Waals surface area contributed by atoms with Crippen molar-refractivity contribution in [1.82, 2.24) is 4.90 Å². The summed E-state index contributed by atoms with van der Waals surface area (Å²) >= 11 is 0. The molecule has 8 nitrogen and oxygen atoms in total. The summed E-state index contributed by atoms with van der Waals surface area (Å²) < 4.78 is 59.0. The summed E-state index contributed by atoms with van der Waals surface area (Å²) in [6, 6.07) is 5.30. The molecule has 8 unspecified atom stereocenters. The van der Waals surface area contributed by atoms with Gasteiger partial charge in [0.1, 0.15) is 24.1 Å². The maximum absolute atomic E-state index is 14.1. The van der Waals surface area contributed by atoms with E-state index < -0.39 is 22.9 Å². The number of rotatable bonds is 23. The molecule has 4 aliphatic rings. The lowest BCUT2D eigenvalue weighted by molar-refractivity contribution is -0.215. The fourth-order valence-corrected chi connectivity index (χ4v) is 13.2. The van der Waals surface area contributed by atoms with E-state index in [0.717, 1.165) is 70.9 Å². The van der Waals surface area contributed by atoms with E-state index in [9.17, 15) is 32.3 Å². The highest BCUT2D eigenvalue weighted by atomic mass is 19.4. The van der Waals surface area contributed by atoms with Crippen molar-refractivity contribution in [3.63, 3.8) is 0 Å². The van der Waals surface area contributed by atoms with Crippen LogP contribution in [0.1, 0.15) is 194 Å². The summed E-state index contributed by atoms with van der Waals surface area (Å²) in [4.78, 5) is 53.3. The Kier molecular flexibility index (Phi) is 18.5. The van der Waals surface area contributed by atoms with Gasteiger partial charge in [-0.3, -0.25) is 19.2 Å². The van der Waals surface area contributed by atoms with Crippen molar-refractivity contribution in [2.75, 3.05) is 13.1 Å². The van der Waals surface area contributed by atoms with Crippen LogP contribution in [0, 0.1) is 46.3 Å². The van der Waals surface area contributed by atoms with E-state index in [2.05, 4.69) is 39.5 Å². The first-order chi connectivity index (χ1) is 29.9. The number of halogens is 3. The number of carbonyl (C=O) groups excluding carboxylic acids is 4. The molecule has 1 aromatic rings. The Bertz CT molecular complexity index is 1630. The molecule has 11 atom stereocenters. The molecule has 356 valence electrons. The third kappa shape index (κ3) is 12.6. The lowest BCUT2D eigenvalue weighted by Crippen LogP contribution is -2.64. The molecular formula is C52H80F3NO7. The first-order valence-electron chi connectivity index (χ1n) is 24.9. The van der Waals surface area contributed by atoms with Gasteiger partial charge in [-0.2, -0.15) is 13.2 Å². The Labute approximate surface area is 376 Å². The van der Waals surface area contributed by atoms with Crippen LogP contribution in [0.25, 0.3) is 0 Å². The number of hydrogen-bond donors (Lipinski definition) is 0. The Morgan fingerprint density at radius 2 is 1.35 bits per heavy atom. The van der Waals surface area contributed by atoms with E-state index >= 15 is 0 Å². The number of ketones is 1. The van der Waals surface area contributed by atoms with E-state index in [1.165, 1.54) is 89.5 Å². The van der Waals surface area contributed by atoms with Gasteiger partial charge in [-0.05, 0) is 123 Å². The van der Waals surface area contributed by atoms with Gasteiger partial charge in [0.15, 0.2) is 0 Å². The van der Waals surface area contributed by atoms with Gasteiger partial charge < -0.3 is 19.1 Å². The predicted molar refractivity (Wildman–Crippen MR) is 240 cm³/mol. The molecule has 5 rings (SSSR count). The Hall–Kier alpha value is -3.11. The molecule has 1 amide bonds. The normalized spacial score (nSPS) is 30.6. The van der Waals surface area contributed by atoms with Crippen LogP contribution in [0.15, 0.2) is 24.3 Å². The lowest BCUT2D eigenvalue weighted by Gasteiger charge is -2.64. The summed E-state index contributed by atoms with van der Waals surface area (Å²) in [6.07, 6.45) is 15.2. The number of alkyl halides is 3. The summed E-state index contributed by atoms with van der Waals surface area (Å²) in [6.45, 7) is 16.0. The summed E-state index contributed by atoms with van der Waals surface area (Å²) in [5.41, 5.74) is -0.974. The highest BCUT2D eigenvalue weighted by Crippen LogP contribution is 2.69. The van der Waals surface area contributed by atoms with Crippen LogP contribution >= 0.6 is 0 Å². The number of nitrogens with zero attached hydrogens (tertiary/aromatic N) is 1. The average Bonchev–Trinajstić information content (AvgIpc) is 3.59. The van der Waals surface area contributed by atoms with Crippen molar-refractivity contribution in [3.8, 4) is 5.75 Å². The van der Waals surface area contributed by atoms with E-state index in [0.29, 0.717) is 31.4 Å². The zero-order chi connectivity index (χ0) is 46.0. The van der Waals surface area contributed by atoms with E-state index in [1.807, 2.05) is 0 Å². The van der Waals surface area contributed by atoms with E-state index in [4.69, 9.17) is 14.2 Å². The molecule has 11 heteroatoms. The van der Waals surface area contributed by atoms with Crippen molar-refractivity contribution < 1.29 is 46.6 Å². The summed E-state index contributed by atoms with van der Waals surface area (Å²) in [7, 11) is 0. The highest BCUT2D eigenvalue weighted by molar-refractivity contribution is 6.00. The van der Waals surface area contributed by atoms with Crippen LogP contribution < -0.4 is 4.74 Å².